The van der Waals surface area contributed by atoms with Crippen molar-refractivity contribution in [1.29, 1.82) is 0 Å². The summed E-state index contributed by atoms with van der Waals surface area (Å²) in [6.07, 6.45) is -0.445. The van der Waals surface area contributed by atoms with E-state index in [1.165, 1.54) is 0 Å². The number of carbonyl (C=O) groups is 2. The first-order valence-corrected chi connectivity index (χ1v) is 5.42. The molecule has 0 heterocycles. The second-order valence-corrected chi connectivity index (χ2v) is 4.37. The molecular formula is C10H18O4S. The first-order valence-electron chi connectivity index (χ1n) is 4.91. The van der Waals surface area contributed by atoms with Crippen molar-refractivity contribution in [3.05, 3.63) is 0 Å². The van der Waals surface area contributed by atoms with Gasteiger partial charge in [0.15, 0.2) is 0 Å². The number of hydrogen-bond acceptors (Lipinski definition) is 5. The molecule has 0 aromatic heterocycles. The van der Waals surface area contributed by atoms with Gasteiger partial charge in [0.2, 0.25) is 0 Å². The Morgan fingerprint density at radius 1 is 1.07 bits per heavy atom. The highest BCUT2D eigenvalue weighted by atomic mass is 32.1. The van der Waals surface area contributed by atoms with E-state index in [9.17, 15) is 9.59 Å². The average molecular weight is 234 g/mol. The fourth-order valence-electron chi connectivity index (χ4n) is 0.863. The normalized spacial score (nSPS) is 12.7. The zero-order chi connectivity index (χ0) is 12.0. The van der Waals surface area contributed by atoms with E-state index in [0.717, 1.165) is 0 Å². The smallest absolute Gasteiger partial charge is 0.319 e. The van der Waals surface area contributed by atoms with E-state index in [4.69, 9.17) is 9.47 Å². The average Bonchev–Trinajstić information content (AvgIpc) is 2.00. The molecule has 1 atom stereocenters. The summed E-state index contributed by atoms with van der Waals surface area (Å²) >= 11 is 3.99. The highest BCUT2D eigenvalue weighted by Crippen LogP contribution is 2.08. The number of rotatable bonds is 5. The predicted octanol–water partition coefficient (Wildman–Crippen LogP) is 1.58. The Bertz CT molecular complexity index is 225. The van der Waals surface area contributed by atoms with Gasteiger partial charge in [-0.2, -0.15) is 12.6 Å². The van der Waals surface area contributed by atoms with Gasteiger partial charge in [0.05, 0.1) is 18.6 Å². The van der Waals surface area contributed by atoms with E-state index < -0.39 is 17.2 Å². The molecule has 0 spiro atoms. The first kappa shape index (κ1) is 14.3. The van der Waals surface area contributed by atoms with Crippen LogP contribution in [0, 0.1) is 0 Å². The molecule has 0 aromatic rings. The molecular weight excluding hydrogens is 216 g/mol. The molecule has 0 aliphatic carbocycles. The van der Waals surface area contributed by atoms with E-state index in [1.54, 1.807) is 27.7 Å². The van der Waals surface area contributed by atoms with E-state index in [0.29, 0.717) is 0 Å². The summed E-state index contributed by atoms with van der Waals surface area (Å²) in [4.78, 5) is 22.4. The van der Waals surface area contributed by atoms with E-state index >= 15 is 0 Å². The van der Waals surface area contributed by atoms with Gasteiger partial charge in [0, 0.05) is 0 Å². The van der Waals surface area contributed by atoms with Crippen LogP contribution < -0.4 is 0 Å². The molecule has 0 aliphatic rings. The molecule has 15 heavy (non-hydrogen) atoms. The standard InChI is InChI=1S/C10H18O4S/c1-6(2)13-9(11)5-8(15)10(12)14-7(3)4/h6-8,15H,5H2,1-4H3. The molecule has 5 heteroatoms. The lowest BCUT2D eigenvalue weighted by atomic mass is 10.3. The molecule has 88 valence electrons. The van der Waals surface area contributed by atoms with Gasteiger partial charge >= 0.3 is 11.9 Å². The monoisotopic (exact) mass is 234 g/mol. The van der Waals surface area contributed by atoms with Gasteiger partial charge in [-0.3, -0.25) is 9.59 Å². The highest BCUT2D eigenvalue weighted by molar-refractivity contribution is 7.81. The van der Waals surface area contributed by atoms with Crippen molar-refractivity contribution in [2.24, 2.45) is 0 Å². The molecule has 0 bridgehead atoms. The van der Waals surface area contributed by atoms with Gasteiger partial charge in [-0.1, -0.05) is 0 Å². The van der Waals surface area contributed by atoms with Crippen LogP contribution in [-0.4, -0.2) is 29.4 Å². The topological polar surface area (TPSA) is 52.6 Å². The van der Waals surface area contributed by atoms with Crippen LogP contribution in [0.4, 0.5) is 0 Å². The number of ether oxygens (including phenoxy) is 2. The third kappa shape index (κ3) is 7.25. The van der Waals surface area contributed by atoms with Gasteiger partial charge in [-0.05, 0) is 27.7 Å². The van der Waals surface area contributed by atoms with Crippen LogP contribution in [0.2, 0.25) is 0 Å². The number of esters is 2. The fraction of sp³-hybridized carbons (Fsp3) is 0.800. The second kappa shape index (κ2) is 6.71. The summed E-state index contributed by atoms with van der Waals surface area (Å²) < 4.78 is 9.78. The molecule has 0 rings (SSSR count). The van der Waals surface area contributed by atoms with Crippen molar-refractivity contribution in [2.45, 2.75) is 51.6 Å². The maximum absolute atomic E-state index is 11.3. The summed E-state index contributed by atoms with van der Waals surface area (Å²) in [5.41, 5.74) is 0. The van der Waals surface area contributed by atoms with Crippen molar-refractivity contribution in [3.8, 4) is 0 Å². The molecule has 0 amide bonds. The van der Waals surface area contributed by atoms with Crippen LogP contribution in [0.3, 0.4) is 0 Å². The van der Waals surface area contributed by atoms with Crippen molar-refractivity contribution in [2.75, 3.05) is 0 Å². The fourth-order valence-corrected chi connectivity index (χ4v) is 1.07. The molecule has 0 saturated carbocycles. The maximum atomic E-state index is 11.3. The Morgan fingerprint density at radius 3 is 1.93 bits per heavy atom. The van der Waals surface area contributed by atoms with E-state index in [-0.39, 0.29) is 18.6 Å². The quantitative estimate of drug-likeness (QED) is 0.579. The largest absolute Gasteiger partial charge is 0.463 e. The third-order valence-electron chi connectivity index (χ3n) is 1.35. The van der Waals surface area contributed by atoms with Gasteiger partial charge in [0.1, 0.15) is 5.25 Å². The number of hydrogen-bond donors (Lipinski definition) is 1. The van der Waals surface area contributed by atoms with Crippen molar-refractivity contribution >= 4 is 24.6 Å². The molecule has 0 fully saturated rings. The second-order valence-electron chi connectivity index (χ2n) is 3.74. The van der Waals surface area contributed by atoms with Crippen LogP contribution in [-0.2, 0) is 19.1 Å². The van der Waals surface area contributed by atoms with Crippen LogP contribution in [0.15, 0.2) is 0 Å². The predicted molar refractivity (Wildman–Crippen MR) is 59.8 cm³/mol. The Hall–Kier alpha value is -0.710. The summed E-state index contributed by atoms with van der Waals surface area (Å²) in [5, 5.41) is -0.751. The molecule has 0 radical (unpaired) electrons. The molecule has 1 unspecified atom stereocenters. The molecule has 0 aliphatic heterocycles. The van der Waals surface area contributed by atoms with E-state index in [2.05, 4.69) is 12.6 Å². The maximum Gasteiger partial charge on any atom is 0.319 e. The summed E-state index contributed by atoms with van der Waals surface area (Å²) in [5.74, 6) is -0.931. The lowest BCUT2D eigenvalue weighted by Crippen LogP contribution is -2.25. The first-order chi connectivity index (χ1) is 6.82. The SMILES string of the molecule is CC(C)OC(=O)CC(S)C(=O)OC(C)C. The molecule has 0 N–H and O–H groups in total. The van der Waals surface area contributed by atoms with Crippen molar-refractivity contribution in [1.82, 2.24) is 0 Å². The minimum absolute atomic E-state index is 0.0627. The van der Waals surface area contributed by atoms with Gasteiger partial charge < -0.3 is 9.47 Å². The summed E-state index contributed by atoms with van der Waals surface area (Å²) in [7, 11) is 0. The van der Waals surface area contributed by atoms with Gasteiger partial charge in [-0.25, -0.2) is 0 Å². The van der Waals surface area contributed by atoms with Crippen LogP contribution in [0.25, 0.3) is 0 Å². The van der Waals surface area contributed by atoms with Crippen molar-refractivity contribution in [3.63, 3.8) is 0 Å². The Labute approximate surface area is 95.7 Å². The summed E-state index contributed by atoms with van der Waals surface area (Å²) in [6.45, 7) is 6.98. The van der Waals surface area contributed by atoms with Gasteiger partial charge in [-0.15, -0.1) is 0 Å². The zero-order valence-corrected chi connectivity index (χ0v) is 10.4. The third-order valence-corrected chi connectivity index (χ3v) is 1.74. The molecule has 4 nitrogen and oxygen atoms in total. The summed E-state index contributed by atoms with van der Waals surface area (Å²) in [6, 6.07) is 0. The minimum atomic E-state index is -0.751. The van der Waals surface area contributed by atoms with Crippen LogP contribution in [0.1, 0.15) is 34.1 Å². The Balaban J connectivity index is 3.96. The van der Waals surface area contributed by atoms with Crippen LogP contribution >= 0.6 is 12.6 Å². The number of thiol groups is 1. The van der Waals surface area contributed by atoms with Gasteiger partial charge in [0.25, 0.3) is 0 Å². The lowest BCUT2D eigenvalue weighted by molar-refractivity contribution is -0.153. The van der Waals surface area contributed by atoms with Crippen molar-refractivity contribution < 1.29 is 19.1 Å². The Kier molecular flexibility index (Phi) is 6.40. The molecule has 0 aromatic carbocycles. The lowest BCUT2D eigenvalue weighted by Gasteiger charge is -2.13. The van der Waals surface area contributed by atoms with Crippen LogP contribution in [0.5, 0.6) is 0 Å². The zero-order valence-electron chi connectivity index (χ0n) is 9.52. The highest BCUT2D eigenvalue weighted by Gasteiger charge is 2.21. The van der Waals surface area contributed by atoms with E-state index in [1.807, 2.05) is 0 Å². The number of carbonyl (C=O) groups excluding carboxylic acids is 2. The minimum Gasteiger partial charge on any atom is -0.463 e. The Morgan fingerprint density at radius 2 is 1.53 bits per heavy atom. The molecule has 0 saturated heterocycles.